The molecule has 0 amide bonds. The minimum absolute atomic E-state index is 0.0459. The molecule has 9 nitrogen and oxygen atoms in total. The molecule has 7 rings (SSSR count). The van der Waals surface area contributed by atoms with Crippen LogP contribution in [0.5, 0.6) is 5.75 Å². The second kappa shape index (κ2) is 10.1. The maximum atomic E-state index is 13.1. The number of anilines is 1. The summed E-state index contributed by atoms with van der Waals surface area (Å²) in [5.41, 5.74) is 4.18. The van der Waals surface area contributed by atoms with Crippen molar-refractivity contribution in [2.24, 2.45) is 17.8 Å². The van der Waals surface area contributed by atoms with Crippen molar-refractivity contribution in [3.63, 3.8) is 0 Å². The normalized spacial score (nSPS) is 25.1. The van der Waals surface area contributed by atoms with Gasteiger partial charge in [-0.15, -0.1) is 0 Å². The van der Waals surface area contributed by atoms with E-state index < -0.39 is 12.7 Å². The Kier molecular flexibility index (Phi) is 6.33. The summed E-state index contributed by atoms with van der Waals surface area (Å²) in [7, 11) is 1.45. The van der Waals surface area contributed by atoms with Crippen molar-refractivity contribution < 1.29 is 28.2 Å². The molecule has 41 heavy (non-hydrogen) atoms. The monoisotopic (exact) mass is 561 g/mol. The van der Waals surface area contributed by atoms with E-state index in [0.717, 1.165) is 42.8 Å². The van der Waals surface area contributed by atoms with E-state index in [-0.39, 0.29) is 35.4 Å². The number of ether oxygens (including phenoxy) is 2. The number of fused-ring (bicyclic) bond motifs is 5. The first-order chi connectivity index (χ1) is 19.9. The van der Waals surface area contributed by atoms with Gasteiger partial charge in [-0.2, -0.15) is 8.78 Å². The highest BCUT2D eigenvalue weighted by atomic mass is 19.3. The molecule has 212 valence electrons. The standard InChI is InChI=1S/C30H29F2N5O4/c1-40-28(39)25-17-6-7-18(25)14-36(13-17)30-33-11-19(12-34-30)16-8-9-24-35-26-22(38)10-21(27(26)37(24)15-16)20-4-2-3-5-23(20)41-29(31)32/h2-5,8-9,11-12,15,17-18,21-22,25,29,38H,6-7,10,13-14H2,1H3/t17-,18+,21-,22-,25-/m0/s1. The number of piperidine rings is 1. The van der Waals surface area contributed by atoms with Gasteiger partial charge in [0, 0.05) is 54.3 Å². The molecule has 2 bridgehead atoms. The fourth-order valence-corrected chi connectivity index (χ4v) is 7.08. The zero-order valence-corrected chi connectivity index (χ0v) is 22.4. The summed E-state index contributed by atoms with van der Waals surface area (Å²) in [6, 6.07) is 10.5. The minimum atomic E-state index is -2.95. The van der Waals surface area contributed by atoms with Crippen LogP contribution in [0.2, 0.25) is 0 Å². The van der Waals surface area contributed by atoms with Crippen LogP contribution in [-0.2, 0) is 9.53 Å². The number of alkyl halides is 2. The lowest BCUT2D eigenvalue weighted by Gasteiger charge is -2.36. The van der Waals surface area contributed by atoms with Crippen LogP contribution >= 0.6 is 0 Å². The summed E-state index contributed by atoms with van der Waals surface area (Å²) in [6.45, 7) is -1.50. The van der Waals surface area contributed by atoms with Crippen LogP contribution in [0.1, 0.15) is 48.2 Å². The fraction of sp³-hybridized carbons (Fsp3) is 0.400. The number of aliphatic hydroxyl groups excluding tert-OH is 1. The van der Waals surface area contributed by atoms with Crippen LogP contribution in [0.4, 0.5) is 14.7 Å². The molecule has 4 heterocycles. The smallest absolute Gasteiger partial charge is 0.387 e. The molecule has 1 N–H and O–H groups in total. The minimum Gasteiger partial charge on any atom is -0.469 e. The summed E-state index contributed by atoms with van der Waals surface area (Å²) < 4.78 is 38.0. The predicted molar refractivity (Wildman–Crippen MR) is 145 cm³/mol. The Morgan fingerprint density at radius 1 is 1.05 bits per heavy atom. The Hall–Kier alpha value is -4.12. The molecule has 1 saturated carbocycles. The van der Waals surface area contributed by atoms with E-state index in [1.807, 2.05) is 22.7 Å². The highest BCUT2D eigenvalue weighted by molar-refractivity contribution is 5.74. The number of esters is 1. The van der Waals surface area contributed by atoms with Gasteiger partial charge in [0.2, 0.25) is 5.95 Å². The zero-order valence-electron chi connectivity index (χ0n) is 22.4. The van der Waals surface area contributed by atoms with Gasteiger partial charge in [0.25, 0.3) is 0 Å². The number of carbonyl (C=O) groups excluding carboxylic acids is 1. The van der Waals surface area contributed by atoms with Crippen LogP contribution < -0.4 is 9.64 Å². The lowest BCUT2D eigenvalue weighted by atomic mass is 9.85. The highest BCUT2D eigenvalue weighted by Gasteiger charge is 2.47. The Balaban J connectivity index is 1.18. The first kappa shape index (κ1) is 25.8. The van der Waals surface area contributed by atoms with Gasteiger partial charge in [0.1, 0.15) is 11.4 Å². The molecule has 2 aliphatic carbocycles. The zero-order chi connectivity index (χ0) is 28.2. The van der Waals surface area contributed by atoms with Crippen LogP contribution in [0, 0.1) is 17.8 Å². The maximum absolute atomic E-state index is 13.1. The Labute approximate surface area is 234 Å². The lowest BCUT2D eigenvalue weighted by Crippen LogP contribution is -2.45. The quantitative estimate of drug-likeness (QED) is 0.341. The van der Waals surface area contributed by atoms with E-state index >= 15 is 0 Å². The van der Waals surface area contributed by atoms with Crippen LogP contribution in [0.3, 0.4) is 0 Å². The summed E-state index contributed by atoms with van der Waals surface area (Å²) in [6.07, 6.45) is 6.99. The van der Waals surface area contributed by atoms with Crippen molar-refractivity contribution in [3.05, 3.63) is 71.9 Å². The van der Waals surface area contributed by atoms with E-state index in [9.17, 15) is 18.7 Å². The van der Waals surface area contributed by atoms with Gasteiger partial charge in [0.15, 0.2) is 0 Å². The summed E-state index contributed by atoms with van der Waals surface area (Å²) in [4.78, 5) is 28.4. The number of halogens is 2. The maximum Gasteiger partial charge on any atom is 0.387 e. The molecule has 3 aromatic heterocycles. The number of rotatable bonds is 6. The molecule has 1 aromatic carbocycles. The van der Waals surface area contributed by atoms with Gasteiger partial charge in [-0.3, -0.25) is 4.79 Å². The topological polar surface area (TPSA) is 102 Å². The average Bonchev–Trinajstić information content (AvgIpc) is 3.60. The number of aliphatic hydroxyl groups is 1. The van der Waals surface area contributed by atoms with E-state index in [2.05, 4.69) is 19.9 Å². The molecular formula is C30H29F2N5O4. The molecule has 0 radical (unpaired) electrons. The SMILES string of the molecule is COC(=O)[C@@H]1[C@@H]2CC[C@H]1CN(c1ncc(-c3ccc4nc5c(n4c3)[C@H](c3ccccc3OC(F)F)C[C@@H]5O)cn1)C2. The average molecular weight is 562 g/mol. The number of para-hydroxylation sites is 1. The van der Waals surface area contributed by atoms with Gasteiger partial charge >= 0.3 is 12.6 Å². The number of hydrogen-bond donors (Lipinski definition) is 1. The van der Waals surface area contributed by atoms with Crippen molar-refractivity contribution >= 4 is 17.6 Å². The predicted octanol–water partition coefficient (Wildman–Crippen LogP) is 4.60. The first-order valence-electron chi connectivity index (χ1n) is 13.8. The van der Waals surface area contributed by atoms with Crippen LogP contribution in [0.15, 0.2) is 55.0 Å². The second-order valence-electron chi connectivity index (χ2n) is 11.1. The second-order valence-corrected chi connectivity index (χ2v) is 11.1. The third-order valence-electron chi connectivity index (χ3n) is 8.86. The largest absolute Gasteiger partial charge is 0.469 e. The third kappa shape index (κ3) is 4.39. The summed E-state index contributed by atoms with van der Waals surface area (Å²) in [5, 5.41) is 10.8. The van der Waals surface area contributed by atoms with Gasteiger partial charge in [-0.1, -0.05) is 18.2 Å². The van der Waals surface area contributed by atoms with Gasteiger partial charge in [-0.25, -0.2) is 15.0 Å². The molecule has 0 spiro atoms. The van der Waals surface area contributed by atoms with Gasteiger partial charge < -0.3 is 23.9 Å². The molecule has 1 saturated heterocycles. The number of imidazole rings is 1. The number of aromatic nitrogens is 4. The Morgan fingerprint density at radius 2 is 1.78 bits per heavy atom. The Morgan fingerprint density at radius 3 is 2.49 bits per heavy atom. The fourth-order valence-electron chi connectivity index (χ4n) is 7.08. The molecular weight excluding hydrogens is 532 g/mol. The van der Waals surface area contributed by atoms with Gasteiger partial charge in [0.05, 0.1) is 30.5 Å². The van der Waals surface area contributed by atoms with E-state index in [1.54, 1.807) is 30.6 Å². The van der Waals surface area contributed by atoms with Crippen molar-refractivity contribution in [3.8, 4) is 16.9 Å². The molecule has 11 heteroatoms. The van der Waals surface area contributed by atoms with E-state index in [4.69, 9.17) is 9.47 Å². The number of hydrogen-bond acceptors (Lipinski definition) is 8. The van der Waals surface area contributed by atoms with E-state index in [1.165, 1.54) is 13.2 Å². The molecule has 5 atom stereocenters. The molecule has 3 aliphatic rings. The van der Waals surface area contributed by atoms with E-state index in [0.29, 0.717) is 29.3 Å². The first-order valence-corrected chi connectivity index (χ1v) is 13.8. The number of benzene rings is 1. The number of methoxy groups -OCH3 is 1. The number of nitrogens with zero attached hydrogens (tertiary/aromatic N) is 5. The van der Waals surface area contributed by atoms with Crippen molar-refractivity contribution in [2.75, 3.05) is 25.1 Å². The Bertz CT molecular complexity index is 1600. The lowest BCUT2D eigenvalue weighted by molar-refractivity contribution is -0.148. The van der Waals surface area contributed by atoms with Crippen molar-refractivity contribution in [2.45, 2.75) is 37.9 Å². The molecule has 1 aliphatic heterocycles. The molecule has 4 aromatic rings. The van der Waals surface area contributed by atoms with Crippen molar-refractivity contribution in [1.82, 2.24) is 19.4 Å². The summed E-state index contributed by atoms with van der Waals surface area (Å²) >= 11 is 0. The molecule has 2 fully saturated rings. The number of carbonyl (C=O) groups is 1. The van der Waals surface area contributed by atoms with Crippen LogP contribution in [-0.4, -0.2) is 57.2 Å². The molecule has 0 unspecified atom stereocenters. The summed E-state index contributed by atoms with van der Waals surface area (Å²) in [5.74, 6) is 0.681. The van der Waals surface area contributed by atoms with Crippen LogP contribution in [0.25, 0.3) is 16.8 Å². The highest BCUT2D eigenvalue weighted by Crippen LogP contribution is 2.47. The van der Waals surface area contributed by atoms with Crippen molar-refractivity contribution in [1.29, 1.82) is 0 Å². The van der Waals surface area contributed by atoms with Gasteiger partial charge in [-0.05, 0) is 49.3 Å². The third-order valence-corrected chi connectivity index (χ3v) is 8.86. The number of pyridine rings is 1.